The molecule has 0 aliphatic rings. The number of nitrogens with two attached hydrogens (primary N) is 1. The average molecular weight is 267 g/mol. The Hall–Kier alpha value is -1.89. The lowest BCUT2D eigenvalue weighted by molar-refractivity contribution is -0.384. The first-order chi connectivity index (χ1) is 9.04. The quantitative estimate of drug-likeness (QED) is 0.289. The molecule has 0 atom stereocenters. The molecule has 0 spiro atoms. The first kappa shape index (κ1) is 15.2. The van der Waals surface area contributed by atoms with Gasteiger partial charge in [0.1, 0.15) is 5.82 Å². The van der Waals surface area contributed by atoms with E-state index in [9.17, 15) is 10.1 Å². The Morgan fingerprint density at radius 3 is 2.74 bits per heavy atom. The number of hydrogen-bond donors (Lipinski definition) is 3. The molecule has 7 heteroatoms. The van der Waals surface area contributed by atoms with Crippen molar-refractivity contribution in [1.82, 2.24) is 4.98 Å². The van der Waals surface area contributed by atoms with Crippen LogP contribution in [0.25, 0.3) is 0 Å². The Balaban J connectivity index is 2.57. The van der Waals surface area contributed by atoms with E-state index >= 15 is 0 Å². The van der Waals surface area contributed by atoms with Crippen LogP contribution in [0.5, 0.6) is 0 Å². The van der Waals surface area contributed by atoms with Crippen molar-refractivity contribution in [3.05, 3.63) is 22.2 Å². The third-order valence-corrected chi connectivity index (χ3v) is 2.72. The highest BCUT2D eigenvalue weighted by Crippen LogP contribution is 2.23. The van der Waals surface area contributed by atoms with Crippen molar-refractivity contribution < 1.29 is 4.92 Å². The van der Waals surface area contributed by atoms with Crippen LogP contribution in [0.4, 0.5) is 17.3 Å². The number of rotatable bonds is 8. The third kappa shape index (κ3) is 5.09. The number of nitrogens with zero attached hydrogens (tertiary/aromatic N) is 2. The Bertz CT molecular complexity index is 423. The molecule has 0 saturated heterocycles. The van der Waals surface area contributed by atoms with Gasteiger partial charge in [0, 0.05) is 12.6 Å². The van der Waals surface area contributed by atoms with E-state index in [1.807, 2.05) is 0 Å². The number of anilines is 2. The zero-order valence-electron chi connectivity index (χ0n) is 11.3. The van der Waals surface area contributed by atoms with Gasteiger partial charge in [0.25, 0.3) is 0 Å². The van der Waals surface area contributed by atoms with Crippen LogP contribution >= 0.6 is 0 Å². The van der Waals surface area contributed by atoms with E-state index in [0.29, 0.717) is 18.3 Å². The summed E-state index contributed by atoms with van der Waals surface area (Å²) in [6.45, 7) is 5.01. The Morgan fingerprint density at radius 2 is 2.16 bits per heavy atom. The second-order valence-electron chi connectivity index (χ2n) is 4.78. The van der Waals surface area contributed by atoms with Crippen LogP contribution in [0.1, 0.15) is 33.1 Å². The number of nitrogens with one attached hydrogen (secondary N) is 2. The van der Waals surface area contributed by atoms with E-state index in [2.05, 4.69) is 29.6 Å². The number of nitrogen functional groups attached to an aromatic ring is 1. The predicted octanol–water partition coefficient (Wildman–Crippen LogP) is 2.51. The van der Waals surface area contributed by atoms with Crippen molar-refractivity contribution in [2.24, 2.45) is 11.8 Å². The molecule has 0 amide bonds. The number of hydrazine groups is 1. The summed E-state index contributed by atoms with van der Waals surface area (Å²) >= 11 is 0. The maximum atomic E-state index is 10.9. The average Bonchev–Trinajstić information content (AvgIpc) is 2.37. The molecular formula is C12H21N5O2. The smallest absolute Gasteiger partial charge is 0.311 e. The molecule has 0 radical (unpaired) electrons. The number of aromatic nitrogens is 1. The van der Waals surface area contributed by atoms with Gasteiger partial charge in [-0.1, -0.05) is 26.7 Å². The summed E-state index contributed by atoms with van der Waals surface area (Å²) in [6.07, 6.45) is 3.20. The molecule has 19 heavy (non-hydrogen) atoms. The minimum Gasteiger partial charge on any atom is -0.364 e. The molecule has 0 aliphatic heterocycles. The predicted molar refractivity (Wildman–Crippen MR) is 75.9 cm³/mol. The van der Waals surface area contributed by atoms with Crippen LogP contribution in [0, 0.1) is 16.0 Å². The fourth-order valence-corrected chi connectivity index (χ4v) is 1.69. The molecule has 0 bridgehead atoms. The number of pyridine rings is 1. The van der Waals surface area contributed by atoms with Gasteiger partial charge in [-0.3, -0.25) is 10.1 Å². The van der Waals surface area contributed by atoms with Gasteiger partial charge in [0.2, 0.25) is 5.82 Å². The molecule has 1 rings (SSSR count). The van der Waals surface area contributed by atoms with Crippen LogP contribution in [-0.2, 0) is 0 Å². The zero-order valence-corrected chi connectivity index (χ0v) is 11.3. The van der Waals surface area contributed by atoms with Gasteiger partial charge in [0.05, 0.1) is 4.92 Å². The monoisotopic (exact) mass is 267 g/mol. The maximum Gasteiger partial charge on any atom is 0.311 e. The molecule has 1 aromatic heterocycles. The fourth-order valence-electron chi connectivity index (χ4n) is 1.69. The largest absolute Gasteiger partial charge is 0.364 e. The van der Waals surface area contributed by atoms with Crippen molar-refractivity contribution in [1.29, 1.82) is 0 Å². The topological polar surface area (TPSA) is 106 Å². The summed E-state index contributed by atoms with van der Waals surface area (Å²) < 4.78 is 0. The minimum absolute atomic E-state index is 0.0390. The molecule has 1 heterocycles. The van der Waals surface area contributed by atoms with Crippen LogP contribution in [0.2, 0.25) is 0 Å². The van der Waals surface area contributed by atoms with Crippen molar-refractivity contribution >= 4 is 17.3 Å². The van der Waals surface area contributed by atoms with Gasteiger partial charge in [0.15, 0.2) is 0 Å². The summed E-state index contributed by atoms with van der Waals surface area (Å²) in [5.74, 6) is 6.58. The SMILES string of the molecule is CC(C)CCCCNc1nc(NN)ccc1[N+](=O)[O-]. The van der Waals surface area contributed by atoms with Gasteiger partial charge < -0.3 is 10.7 Å². The summed E-state index contributed by atoms with van der Waals surface area (Å²) in [4.78, 5) is 14.5. The Labute approximate surface area is 112 Å². The van der Waals surface area contributed by atoms with Crippen molar-refractivity contribution in [3.63, 3.8) is 0 Å². The molecule has 7 nitrogen and oxygen atoms in total. The maximum absolute atomic E-state index is 10.9. The standard InChI is InChI=1S/C12H21N5O2/c1-9(2)5-3-4-8-14-12-10(17(18)19)6-7-11(15-12)16-13/h6-7,9H,3-5,8,13H2,1-2H3,(H2,14,15,16). The van der Waals surface area contributed by atoms with E-state index in [1.165, 1.54) is 12.1 Å². The van der Waals surface area contributed by atoms with Gasteiger partial charge in [-0.2, -0.15) is 0 Å². The normalized spacial score (nSPS) is 10.5. The highest BCUT2D eigenvalue weighted by atomic mass is 16.6. The Kier molecular flexibility index (Phi) is 6.01. The summed E-state index contributed by atoms with van der Waals surface area (Å²) in [7, 11) is 0. The molecule has 1 aromatic rings. The lowest BCUT2D eigenvalue weighted by Crippen LogP contribution is -2.12. The number of nitro groups is 1. The van der Waals surface area contributed by atoms with Crippen molar-refractivity contribution in [2.75, 3.05) is 17.3 Å². The van der Waals surface area contributed by atoms with Crippen LogP contribution in [0.15, 0.2) is 12.1 Å². The molecule has 0 unspecified atom stereocenters. The van der Waals surface area contributed by atoms with E-state index in [1.54, 1.807) is 0 Å². The number of unbranched alkanes of at least 4 members (excludes halogenated alkanes) is 1. The Morgan fingerprint density at radius 1 is 1.42 bits per heavy atom. The van der Waals surface area contributed by atoms with Crippen LogP contribution in [-0.4, -0.2) is 16.5 Å². The van der Waals surface area contributed by atoms with Gasteiger partial charge in [-0.05, 0) is 18.4 Å². The van der Waals surface area contributed by atoms with Crippen molar-refractivity contribution in [3.8, 4) is 0 Å². The molecular weight excluding hydrogens is 246 g/mol. The summed E-state index contributed by atoms with van der Waals surface area (Å²) in [5, 5.41) is 13.9. The van der Waals surface area contributed by atoms with Gasteiger partial charge >= 0.3 is 5.69 Å². The zero-order chi connectivity index (χ0) is 14.3. The van der Waals surface area contributed by atoms with Gasteiger partial charge in [-0.25, -0.2) is 10.8 Å². The second-order valence-corrected chi connectivity index (χ2v) is 4.78. The van der Waals surface area contributed by atoms with E-state index in [4.69, 9.17) is 5.84 Å². The lowest BCUT2D eigenvalue weighted by atomic mass is 10.1. The lowest BCUT2D eigenvalue weighted by Gasteiger charge is -2.08. The molecule has 0 aliphatic carbocycles. The van der Waals surface area contributed by atoms with E-state index < -0.39 is 4.92 Å². The highest BCUT2D eigenvalue weighted by Gasteiger charge is 2.15. The van der Waals surface area contributed by atoms with Crippen LogP contribution < -0.4 is 16.6 Å². The molecule has 0 aromatic carbocycles. The fraction of sp³-hybridized carbons (Fsp3) is 0.583. The second kappa shape index (κ2) is 7.52. The molecule has 106 valence electrons. The summed E-state index contributed by atoms with van der Waals surface area (Å²) in [6, 6.07) is 2.86. The summed E-state index contributed by atoms with van der Waals surface area (Å²) in [5.41, 5.74) is 2.34. The number of hydrogen-bond acceptors (Lipinski definition) is 6. The molecule has 4 N–H and O–H groups in total. The molecule has 0 saturated carbocycles. The van der Waals surface area contributed by atoms with Gasteiger partial charge in [-0.15, -0.1) is 0 Å². The van der Waals surface area contributed by atoms with E-state index in [0.717, 1.165) is 19.3 Å². The first-order valence-electron chi connectivity index (χ1n) is 6.40. The third-order valence-electron chi connectivity index (χ3n) is 2.72. The highest BCUT2D eigenvalue weighted by molar-refractivity contribution is 5.59. The first-order valence-corrected chi connectivity index (χ1v) is 6.40. The minimum atomic E-state index is -0.455. The molecule has 0 fully saturated rings. The van der Waals surface area contributed by atoms with Crippen LogP contribution in [0.3, 0.4) is 0 Å². The van der Waals surface area contributed by atoms with Crippen molar-refractivity contribution in [2.45, 2.75) is 33.1 Å². The van der Waals surface area contributed by atoms with E-state index in [-0.39, 0.29) is 11.5 Å².